The van der Waals surface area contributed by atoms with E-state index in [0.29, 0.717) is 0 Å². The van der Waals surface area contributed by atoms with Crippen molar-refractivity contribution in [2.24, 2.45) is 4.99 Å². The van der Waals surface area contributed by atoms with Crippen molar-refractivity contribution in [3.63, 3.8) is 0 Å². The average molecular weight is 503 g/mol. The minimum Gasteiger partial charge on any atom is -0.314 e. The number of carbonyl (C=O) groups excluding carboxylic acids is 1. The van der Waals surface area contributed by atoms with Crippen LogP contribution in [0.2, 0.25) is 5.02 Å². The normalized spacial score (nSPS) is 23.5. The average Bonchev–Trinajstić information content (AvgIpc) is 3.14. The minimum absolute atomic E-state index is 0.0134. The molecule has 2 atom stereocenters. The van der Waals surface area contributed by atoms with Crippen molar-refractivity contribution in [1.82, 2.24) is 0 Å². The number of amides is 1. The smallest absolute Gasteiger partial charge is 0.314 e. The fourth-order valence-electron chi connectivity index (χ4n) is 3.75. The Balaban J connectivity index is 1.71. The molecule has 0 N–H and O–H groups in total. The molecular weight excluding hydrogens is 485 g/mol. The van der Waals surface area contributed by atoms with Crippen LogP contribution in [0.25, 0.3) is 0 Å². The van der Waals surface area contributed by atoms with Crippen LogP contribution in [0, 0.1) is 6.92 Å². The first-order valence-electron chi connectivity index (χ1n) is 9.63. The predicted octanol–water partition coefficient (Wildman–Crippen LogP) is 4.51. The molecule has 0 aliphatic carbocycles. The molecule has 0 unspecified atom stereocenters. The maximum absolute atomic E-state index is 13.3. The summed E-state index contributed by atoms with van der Waals surface area (Å²) < 4.78 is 64.3. The van der Waals surface area contributed by atoms with Crippen molar-refractivity contribution < 1.29 is 26.4 Å². The van der Waals surface area contributed by atoms with Crippen molar-refractivity contribution in [3.05, 3.63) is 64.2 Å². The van der Waals surface area contributed by atoms with E-state index in [1.54, 1.807) is 12.1 Å². The van der Waals surface area contributed by atoms with Gasteiger partial charge in [-0.05, 0) is 30.7 Å². The maximum Gasteiger partial charge on any atom is 0.416 e. The topological polar surface area (TPSA) is 66.8 Å². The zero-order valence-corrected chi connectivity index (χ0v) is 19.2. The zero-order chi connectivity index (χ0) is 23.3. The zero-order valence-electron chi connectivity index (χ0n) is 16.8. The van der Waals surface area contributed by atoms with E-state index >= 15 is 0 Å². The Labute approximate surface area is 192 Å². The van der Waals surface area contributed by atoms with Crippen LogP contribution in [-0.2, 0) is 27.2 Å². The van der Waals surface area contributed by atoms with Gasteiger partial charge in [-0.15, -0.1) is 0 Å². The first-order valence-corrected chi connectivity index (χ1v) is 12.7. The minimum atomic E-state index is -4.61. The number of hydrogen-bond acceptors (Lipinski definition) is 4. The second kappa shape index (κ2) is 8.39. The summed E-state index contributed by atoms with van der Waals surface area (Å²) in [6.07, 6.45) is -4.59. The highest BCUT2D eigenvalue weighted by Crippen LogP contribution is 2.44. The van der Waals surface area contributed by atoms with Gasteiger partial charge in [-0.2, -0.15) is 18.2 Å². The lowest BCUT2D eigenvalue weighted by Crippen LogP contribution is -2.38. The number of sulfone groups is 1. The van der Waals surface area contributed by atoms with E-state index in [2.05, 4.69) is 4.99 Å². The fraction of sp³-hybridized carbons (Fsp3) is 0.333. The summed E-state index contributed by atoms with van der Waals surface area (Å²) in [7, 11) is -3.37. The van der Waals surface area contributed by atoms with E-state index in [-0.39, 0.29) is 33.8 Å². The van der Waals surface area contributed by atoms with E-state index in [4.69, 9.17) is 11.6 Å². The Morgan fingerprint density at radius 2 is 1.88 bits per heavy atom. The highest BCUT2D eigenvalue weighted by atomic mass is 35.5. The number of anilines is 1. The van der Waals surface area contributed by atoms with Gasteiger partial charge in [-0.3, -0.25) is 4.79 Å². The molecule has 0 radical (unpaired) electrons. The number of halogens is 4. The Morgan fingerprint density at radius 3 is 2.53 bits per heavy atom. The molecule has 0 bridgehead atoms. The van der Waals surface area contributed by atoms with Gasteiger partial charge in [0.1, 0.15) is 0 Å². The van der Waals surface area contributed by atoms with Crippen molar-refractivity contribution in [2.75, 3.05) is 16.4 Å². The molecule has 32 heavy (non-hydrogen) atoms. The van der Waals surface area contributed by atoms with Crippen LogP contribution in [0.3, 0.4) is 0 Å². The molecule has 1 amide bonds. The third-order valence-electron chi connectivity index (χ3n) is 5.30. The van der Waals surface area contributed by atoms with Crippen LogP contribution in [0.15, 0.2) is 47.5 Å². The summed E-state index contributed by atoms with van der Waals surface area (Å²) in [6, 6.07) is 9.53. The third kappa shape index (κ3) is 4.82. The van der Waals surface area contributed by atoms with Gasteiger partial charge in [0.25, 0.3) is 5.91 Å². The molecule has 0 spiro atoms. The molecule has 0 saturated carbocycles. The standard InChI is InChI=1S/C21H18ClF3N2O3S2/c1-12-2-4-13(5-3-12)8-19(28)26-20-27(17-10-32(29,30)11-18(17)31-20)16-9-14(21(23,24)25)6-7-15(16)22/h2-7,9,17-18H,8,10-11H2,1H3/t17-,18+/m0/s1. The van der Waals surface area contributed by atoms with Gasteiger partial charge in [-0.1, -0.05) is 53.2 Å². The molecule has 2 saturated heterocycles. The second-order valence-corrected chi connectivity index (χ2v) is 11.6. The van der Waals surface area contributed by atoms with Crippen LogP contribution in [-0.4, -0.2) is 42.3 Å². The number of rotatable bonds is 3. The molecule has 2 aromatic carbocycles. The Morgan fingerprint density at radius 1 is 1.19 bits per heavy atom. The van der Waals surface area contributed by atoms with Gasteiger partial charge in [0, 0.05) is 5.25 Å². The largest absolute Gasteiger partial charge is 0.416 e. The van der Waals surface area contributed by atoms with E-state index in [9.17, 15) is 26.4 Å². The van der Waals surface area contributed by atoms with Gasteiger partial charge in [0.15, 0.2) is 15.0 Å². The summed E-state index contributed by atoms with van der Waals surface area (Å²) in [5.41, 5.74) is 0.856. The summed E-state index contributed by atoms with van der Waals surface area (Å²) in [6.45, 7) is 1.92. The summed E-state index contributed by atoms with van der Waals surface area (Å²) in [5, 5.41) is -0.271. The SMILES string of the molecule is Cc1ccc(CC(=O)N=C2S[C@@H]3CS(=O)(=O)C[C@@H]3N2c2cc(C(F)(F)F)ccc2Cl)cc1. The number of carbonyl (C=O) groups is 1. The number of aliphatic imine (C=N–C) groups is 1. The molecule has 2 heterocycles. The van der Waals surface area contributed by atoms with E-state index in [1.807, 2.05) is 19.1 Å². The first-order chi connectivity index (χ1) is 14.9. The van der Waals surface area contributed by atoms with Gasteiger partial charge in [0.05, 0.1) is 40.2 Å². The number of benzene rings is 2. The number of amidine groups is 1. The Kier molecular flexibility index (Phi) is 6.06. The van der Waals surface area contributed by atoms with E-state index in [1.165, 1.54) is 4.90 Å². The monoisotopic (exact) mass is 502 g/mol. The first kappa shape index (κ1) is 23.1. The van der Waals surface area contributed by atoms with Crippen molar-refractivity contribution in [1.29, 1.82) is 0 Å². The van der Waals surface area contributed by atoms with Gasteiger partial charge in [-0.25, -0.2) is 8.42 Å². The van der Waals surface area contributed by atoms with Crippen LogP contribution >= 0.6 is 23.4 Å². The molecule has 2 aliphatic heterocycles. The van der Waals surface area contributed by atoms with E-state index < -0.39 is 38.8 Å². The quantitative estimate of drug-likeness (QED) is 0.617. The highest BCUT2D eigenvalue weighted by molar-refractivity contribution is 8.16. The lowest BCUT2D eigenvalue weighted by atomic mass is 10.1. The second-order valence-electron chi connectivity index (χ2n) is 7.78. The number of fused-ring (bicyclic) bond motifs is 1. The number of alkyl halides is 3. The van der Waals surface area contributed by atoms with Crippen molar-refractivity contribution in [3.8, 4) is 0 Å². The van der Waals surface area contributed by atoms with Crippen LogP contribution in [0.4, 0.5) is 18.9 Å². The Bertz CT molecular complexity index is 1200. The predicted molar refractivity (Wildman–Crippen MR) is 120 cm³/mol. The number of thioether (sulfide) groups is 1. The van der Waals surface area contributed by atoms with Gasteiger partial charge >= 0.3 is 6.18 Å². The lowest BCUT2D eigenvalue weighted by Gasteiger charge is -2.26. The fourth-order valence-corrected chi connectivity index (χ4v) is 7.88. The van der Waals surface area contributed by atoms with Crippen molar-refractivity contribution in [2.45, 2.75) is 30.8 Å². The molecule has 11 heteroatoms. The van der Waals surface area contributed by atoms with Crippen LogP contribution in [0.1, 0.15) is 16.7 Å². The number of hydrogen-bond donors (Lipinski definition) is 0. The summed E-state index contributed by atoms with van der Waals surface area (Å²) in [5.74, 6) is -0.865. The molecule has 2 aromatic rings. The highest BCUT2D eigenvalue weighted by Gasteiger charge is 2.50. The molecule has 4 rings (SSSR count). The van der Waals surface area contributed by atoms with Gasteiger partial charge < -0.3 is 4.90 Å². The van der Waals surface area contributed by atoms with E-state index in [0.717, 1.165) is 41.1 Å². The molecule has 170 valence electrons. The maximum atomic E-state index is 13.3. The Hall–Kier alpha value is -2.04. The molecular formula is C21H18ClF3N2O3S2. The van der Waals surface area contributed by atoms with Crippen LogP contribution < -0.4 is 4.90 Å². The lowest BCUT2D eigenvalue weighted by molar-refractivity contribution is -0.137. The molecule has 0 aromatic heterocycles. The summed E-state index contributed by atoms with van der Waals surface area (Å²) in [4.78, 5) is 18.2. The van der Waals surface area contributed by atoms with Crippen LogP contribution in [0.5, 0.6) is 0 Å². The molecule has 5 nitrogen and oxygen atoms in total. The molecule has 2 aliphatic rings. The third-order valence-corrected chi connectivity index (χ3v) is 8.83. The number of nitrogens with zero attached hydrogens (tertiary/aromatic N) is 2. The van der Waals surface area contributed by atoms with Gasteiger partial charge in [0.2, 0.25) is 0 Å². The van der Waals surface area contributed by atoms with Crippen molar-refractivity contribution >= 4 is 50.0 Å². The molecule has 2 fully saturated rings. The summed E-state index contributed by atoms with van der Waals surface area (Å²) >= 11 is 7.31. The number of aryl methyl sites for hydroxylation is 1.